The van der Waals surface area contributed by atoms with Crippen LogP contribution < -0.4 is 0 Å². The Bertz CT molecular complexity index is 250. The van der Waals surface area contributed by atoms with Gasteiger partial charge in [0.15, 0.2) is 0 Å². The molecule has 1 N–H and O–H groups in total. The summed E-state index contributed by atoms with van der Waals surface area (Å²) >= 11 is 0. The lowest BCUT2D eigenvalue weighted by Crippen LogP contribution is -2.36. The fourth-order valence-electron chi connectivity index (χ4n) is 2.05. The van der Waals surface area contributed by atoms with Crippen molar-refractivity contribution in [3.05, 3.63) is 0 Å². The molecular formula is C9H14N2O2. The molecule has 0 aromatic rings. The van der Waals surface area contributed by atoms with Crippen LogP contribution in [0.5, 0.6) is 0 Å². The van der Waals surface area contributed by atoms with E-state index in [0.717, 1.165) is 25.0 Å². The monoisotopic (exact) mass is 182 g/mol. The Hall–Kier alpha value is -0.900. The zero-order valence-electron chi connectivity index (χ0n) is 7.57. The lowest BCUT2D eigenvalue weighted by molar-refractivity contribution is -0.133. The minimum Gasteiger partial charge on any atom is -0.394 e. The SMILES string of the molecule is O=C1CC2CCCC2=NN1CCO. The van der Waals surface area contributed by atoms with Gasteiger partial charge < -0.3 is 5.11 Å². The summed E-state index contributed by atoms with van der Waals surface area (Å²) in [6.45, 7) is 0.336. The second-order valence-corrected chi connectivity index (χ2v) is 3.63. The van der Waals surface area contributed by atoms with E-state index in [-0.39, 0.29) is 12.5 Å². The van der Waals surface area contributed by atoms with Crippen molar-refractivity contribution < 1.29 is 9.90 Å². The number of carbonyl (C=O) groups is 1. The van der Waals surface area contributed by atoms with Crippen LogP contribution in [0.2, 0.25) is 0 Å². The van der Waals surface area contributed by atoms with Gasteiger partial charge >= 0.3 is 0 Å². The third-order valence-electron chi connectivity index (χ3n) is 2.73. The summed E-state index contributed by atoms with van der Waals surface area (Å²) in [5, 5.41) is 14.4. The largest absolute Gasteiger partial charge is 0.394 e. The van der Waals surface area contributed by atoms with Crippen LogP contribution >= 0.6 is 0 Å². The molecule has 1 unspecified atom stereocenters. The highest BCUT2D eigenvalue weighted by Gasteiger charge is 2.31. The first-order chi connectivity index (χ1) is 6.31. The molecular weight excluding hydrogens is 168 g/mol. The van der Waals surface area contributed by atoms with Crippen LogP contribution in [-0.4, -0.2) is 34.9 Å². The Morgan fingerprint density at radius 1 is 1.62 bits per heavy atom. The van der Waals surface area contributed by atoms with E-state index >= 15 is 0 Å². The first-order valence-electron chi connectivity index (χ1n) is 4.80. The first-order valence-corrected chi connectivity index (χ1v) is 4.80. The molecule has 0 aromatic heterocycles. The predicted octanol–water partition coefficient (Wildman–Crippen LogP) is 0.367. The highest BCUT2D eigenvalue weighted by molar-refractivity contribution is 5.95. The van der Waals surface area contributed by atoms with Crippen molar-refractivity contribution in [1.29, 1.82) is 0 Å². The number of hydrogen-bond acceptors (Lipinski definition) is 3. The Morgan fingerprint density at radius 3 is 3.23 bits per heavy atom. The highest BCUT2D eigenvalue weighted by atomic mass is 16.3. The fourth-order valence-corrected chi connectivity index (χ4v) is 2.05. The predicted molar refractivity (Wildman–Crippen MR) is 48.2 cm³/mol. The van der Waals surface area contributed by atoms with Gasteiger partial charge in [0.2, 0.25) is 5.91 Å². The molecule has 2 rings (SSSR count). The van der Waals surface area contributed by atoms with Crippen molar-refractivity contribution in [1.82, 2.24) is 5.01 Å². The number of fused-ring (bicyclic) bond motifs is 1. The molecule has 1 fully saturated rings. The Labute approximate surface area is 77.2 Å². The maximum absolute atomic E-state index is 11.4. The molecule has 0 bridgehead atoms. The molecule has 13 heavy (non-hydrogen) atoms. The number of hydrazone groups is 1. The molecule has 1 atom stereocenters. The normalized spacial score (nSPS) is 27.5. The summed E-state index contributed by atoms with van der Waals surface area (Å²) in [5.74, 6) is 0.465. The number of β-amino-alcohol motifs (C(OH)–C–C–N with tert-alkyl or cyclic N) is 1. The number of rotatable bonds is 2. The minimum atomic E-state index is -0.00676. The minimum absolute atomic E-state index is 0.00676. The fraction of sp³-hybridized carbons (Fsp3) is 0.778. The number of hydrogen-bond donors (Lipinski definition) is 1. The molecule has 0 spiro atoms. The van der Waals surface area contributed by atoms with Gasteiger partial charge in [-0.2, -0.15) is 5.10 Å². The number of aliphatic hydroxyl groups excluding tert-OH is 1. The molecule has 0 aromatic carbocycles. The van der Waals surface area contributed by atoms with Gasteiger partial charge in [-0.25, -0.2) is 5.01 Å². The summed E-state index contributed by atoms with van der Waals surface area (Å²) < 4.78 is 0. The van der Waals surface area contributed by atoms with E-state index in [2.05, 4.69) is 5.10 Å². The summed E-state index contributed by atoms with van der Waals surface area (Å²) in [7, 11) is 0. The molecule has 1 aliphatic heterocycles. The lowest BCUT2D eigenvalue weighted by Gasteiger charge is -2.25. The van der Waals surface area contributed by atoms with Crippen LogP contribution in [0.15, 0.2) is 5.10 Å². The van der Waals surface area contributed by atoms with Crippen LogP contribution in [0.4, 0.5) is 0 Å². The van der Waals surface area contributed by atoms with Crippen LogP contribution in [0.1, 0.15) is 25.7 Å². The van der Waals surface area contributed by atoms with Gasteiger partial charge in [0.25, 0.3) is 0 Å². The van der Waals surface area contributed by atoms with Crippen LogP contribution in [0.25, 0.3) is 0 Å². The van der Waals surface area contributed by atoms with Crippen LogP contribution in [0.3, 0.4) is 0 Å². The van der Waals surface area contributed by atoms with Crippen LogP contribution in [0, 0.1) is 5.92 Å². The zero-order chi connectivity index (χ0) is 9.26. The third-order valence-corrected chi connectivity index (χ3v) is 2.73. The average molecular weight is 182 g/mol. The molecule has 72 valence electrons. The number of amides is 1. The van der Waals surface area contributed by atoms with Crippen molar-refractivity contribution in [2.75, 3.05) is 13.2 Å². The highest BCUT2D eigenvalue weighted by Crippen LogP contribution is 2.29. The summed E-state index contributed by atoms with van der Waals surface area (Å²) in [6.07, 6.45) is 3.89. The van der Waals surface area contributed by atoms with Gasteiger partial charge in [-0.1, -0.05) is 0 Å². The van der Waals surface area contributed by atoms with Crippen molar-refractivity contribution >= 4 is 11.6 Å². The van der Waals surface area contributed by atoms with Gasteiger partial charge in [0, 0.05) is 18.1 Å². The maximum Gasteiger partial charge on any atom is 0.243 e. The average Bonchev–Trinajstić information content (AvgIpc) is 2.52. The van der Waals surface area contributed by atoms with Gasteiger partial charge in [-0.3, -0.25) is 4.79 Å². The maximum atomic E-state index is 11.4. The Balaban J connectivity index is 2.12. The topological polar surface area (TPSA) is 52.9 Å². The van der Waals surface area contributed by atoms with E-state index in [1.165, 1.54) is 5.01 Å². The van der Waals surface area contributed by atoms with Crippen molar-refractivity contribution in [3.8, 4) is 0 Å². The second-order valence-electron chi connectivity index (χ2n) is 3.63. The quantitative estimate of drug-likeness (QED) is 0.670. The molecule has 2 aliphatic rings. The Morgan fingerprint density at radius 2 is 2.46 bits per heavy atom. The van der Waals surface area contributed by atoms with E-state index in [1.54, 1.807) is 0 Å². The molecule has 1 amide bonds. The zero-order valence-corrected chi connectivity index (χ0v) is 7.57. The molecule has 1 saturated carbocycles. The van der Waals surface area contributed by atoms with E-state index in [0.29, 0.717) is 18.9 Å². The van der Waals surface area contributed by atoms with Gasteiger partial charge in [0.1, 0.15) is 0 Å². The lowest BCUT2D eigenvalue weighted by atomic mass is 10.0. The summed E-state index contributed by atoms with van der Waals surface area (Å²) in [4.78, 5) is 11.4. The van der Waals surface area contributed by atoms with Gasteiger partial charge in [-0.15, -0.1) is 0 Å². The van der Waals surface area contributed by atoms with Crippen LogP contribution in [-0.2, 0) is 4.79 Å². The summed E-state index contributed by atoms with van der Waals surface area (Å²) in [6, 6.07) is 0. The number of aliphatic hydroxyl groups is 1. The molecule has 1 aliphatic carbocycles. The molecule has 0 radical (unpaired) electrons. The second kappa shape index (κ2) is 3.46. The molecule has 1 heterocycles. The first kappa shape index (κ1) is 8.69. The van der Waals surface area contributed by atoms with E-state index in [9.17, 15) is 4.79 Å². The van der Waals surface area contributed by atoms with Gasteiger partial charge in [0.05, 0.1) is 13.2 Å². The van der Waals surface area contributed by atoms with E-state index < -0.39 is 0 Å². The molecule has 0 saturated heterocycles. The Kier molecular flexibility index (Phi) is 2.31. The van der Waals surface area contributed by atoms with Crippen molar-refractivity contribution in [2.24, 2.45) is 11.0 Å². The number of nitrogens with zero attached hydrogens (tertiary/aromatic N) is 2. The third kappa shape index (κ3) is 1.58. The molecule has 4 heteroatoms. The number of carbonyl (C=O) groups excluding carboxylic acids is 1. The molecule has 4 nitrogen and oxygen atoms in total. The van der Waals surface area contributed by atoms with E-state index in [4.69, 9.17) is 5.11 Å². The standard InChI is InChI=1S/C9H14N2O2/c12-5-4-11-9(13)6-7-2-1-3-8(7)10-11/h7,12H,1-6H2. The van der Waals surface area contributed by atoms with Crippen molar-refractivity contribution in [2.45, 2.75) is 25.7 Å². The summed E-state index contributed by atoms with van der Waals surface area (Å²) in [5.41, 5.74) is 1.16. The van der Waals surface area contributed by atoms with Gasteiger partial charge in [-0.05, 0) is 19.3 Å². The van der Waals surface area contributed by atoms with Crippen molar-refractivity contribution in [3.63, 3.8) is 0 Å². The van der Waals surface area contributed by atoms with E-state index in [1.807, 2.05) is 0 Å². The smallest absolute Gasteiger partial charge is 0.243 e.